The van der Waals surface area contributed by atoms with E-state index in [1.807, 2.05) is 43.3 Å². The third kappa shape index (κ3) is 5.07. The minimum Gasteiger partial charge on any atom is -0.479 e. The summed E-state index contributed by atoms with van der Waals surface area (Å²) in [5.74, 6) is -1.74. The lowest BCUT2D eigenvalue weighted by Crippen LogP contribution is -2.48. The van der Waals surface area contributed by atoms with Gasteiger partial charge in [0.05, 0.1) is 0 Å². The first-order chi connectivity index (χ1) is 16.5. The van der Waals surface area contributed by atoms with Crippen LogP contribution in [-0.2, 0) is 19.1 Å². The summed E-state index contributed by atoms with van der Waals surface area (Å²) in [6.07, 6.45) is 0.129. The molecule has 0 spiro atoms. The van der Waals surface area contributed by atoms with E-state index in [2.05, 4.69) is 22.8 Å². The summed E-state index contributed by atoms with van der Waals surface area (Å²) in [6, 6.07) is 15.4. The highest BCUT2D eigenvalue weighted by Gasteiger charge is 2.35. The lowest BCUT2D eigenvalue weighted by atomic mass is 9.98. The number of alkyl carbamates (subject to hydrolysis) is 1. The summed E-state index contributed by atoms with van der Waals surface area (Å²) in [7, 11) is 0. The molecule has 4 rings (SSSR count). The average molecular weight is 467 g/mol. The van der Waals surface area contributed by atoms with Crippen LogP contribution in [0.2, 0.25) is 0 Å². The first-order valence-corrected chi connectivity index (χ1v) is 11.7. The van der Waals surface area contributed by atoms with Gasteiger partial charge >= 0.3 is 12.1 Å². The molecule has 3 N–H and O–H groups in total. The van der Waals surface area contributed by atoms with Crippen LogP contribution in [0.1, 0.15) is 43.2 Å². The fraction of sp³-hybridized carbons (Fsp3) is 0.423. The normalized spacial score (nSPS) is 19.7. The van der Waals surface area contributed by atoms with Gasteiger partial charge in [0.25, 0.3) is 0 Å². The maximum Gasteiger partial charge on any atom is 0.407 e. The van der Waals surface area contributed by atoms with Gasteiger partial charge < -0.3 is 25.2 Å². The topological polar surface area (TPSA) is 114 Å². The van der Waals surface area contributed by atoms with Crippen LogP contribution in [0.15, 0.2) is 48.5 Å². The Morgan fingerprint density at radius 1 is 1.09 bits per heavy atom. The molecule has 180 valence electrons. The van der Waals surface area contributed by atoms with E-state index in [1.165, 1.54) is 0 Å². The number of nitrogens with one attached hydrogen (secondary N) is 2. The molecular weight excluding hydrogens is 436 g/mol. The number of carboxylic acid groups (broad SMARTS) is 1. The predicted molar refractivity (Wildman–Crippen MR) is 125 cm³/mol. The van der Waals surface area contributed by atoms with Crippen LogP contribution in [0.25, 0.3) is 11.1 Å². The van der Waals surface area contributed by atoms with E-state index in [9.17, 15) is 19.5 Å². The Labute approximate surface area is 198 Å². The van der Waals surface area contributed by atoms with E-state index >= 15 is 0 Å². The molecule has 1 fully saturated rings. The summed E-state index contributed by atoms with van der Waals surface area (Å²) >= 11 is 0. The van der Waals surface area contributed by atoms with Crippen LogP contribution in [0.3, 0.4) is 0 Å². The van der Waals surface area contributed by atoms with Crippen LogP contribution < -0.4 is 10.6 Å². The van der Waals surface area contributed by atoms with E-state index in [0.29, 0.717) is 25.9 Å². The number of carbonyl (C=O) groups excluding carboxylic acids is 2. The number of benzene rings is 2. The number of hydrogen-bond acceptors (Lipinski definition) is 5. The quantitative estimate of drug-likeness (QED) is 0.523. The molecule has 3 atom stereocenters. The van der Waals surface area contributed by atoms with Gasteiger partial charge in [-0.15, -0.1) is 0 Å². The molecule has 2 aromatic carbocycles. The fourth-order valence-corrected chi connectivity index (χ4v) is 4.81. The van der Waals surface area contributed by atoms with Crippen molar-refractivity contribution in [1.29, 1.82) is 0 Å². The van der Waals surface area contributed by atoms with E-state index in [1.54, 1.807) is 0 Å². The number of ether oxygens (including phenoxy) is 2. The van der Waals surface area contributed by atoms with Gasteiger partial charge in [0, 0.05) is 25.0 Å². The summed E-state index contributed by atoms with van der Waals surface area (Å²) < 4.78 is 10.8. The molecule has 1 saturated heterocycles. The first kappa shape index (κ1) is 23.8. The molecular formula is C26H30N2O6. The van der Waals surface area contributed by atoms with Crippen molar-refractivity contribution in [3.63, 3.8) is 0 Å². The molecule has 2 aliphatic rings. The average Bonchev–Trinajstić information content (AvgIpc) is 3.44. The molecule has 1 unspecified atom stereocenters. The second-order valence-electron chi connectivity index (χ2n) is 8.73. The smallest absolute Gasteiger partial charge is 0.407 e. The van der Waals surface area contributed by atoms with Gasteiger partial charge in [-0.05, 0) is 35.1 Å². The fourth-order valence-electron chi connectivity index (χ4n) is 4.81. The van der Waals surface area contributed by atoms with Gasteiger partial charge in [0.15, 0.2) is 6.10 Å². The Kier molecular flexibility index (Phi) is 7.47. The standard InChI is InChI=1S/C26H30N2O6/c1-2-7-22(24(29)27-14-16-12-13-33-23(16)25(30)31)28-26(32)34-15-21-19-10-5-3-8-17(19)18-9-4-6-11-20(18)21/h3-6,8-11,16,21-23H,2,7,12-15H2,1H3,(H,27,29)(H,28,32)(H,30,31)/t16-,22?,23-/m1/s1. The minimum absolute atomic E-state index is 0.0630. The highest BCUT2D eigenvalue weighted by molar-refractivity contribution is 5.86. The zero-order valence-electron chi connectivity index (χ0n) is 19.2. The van der Waals surface area contributed by atoms with Crippen LogP contribution in [0.5, 0.6) is 0 Å². The Bertz CT molecular complexity index is 1010. The van der Waals surface area contributed by atoms with Crippen molar-refractivity contribution in [2.24, 2.45) is 5.92 Å². The van der Waals surface area contributed by atoms with Gasteiger partial charge in [-0.25, -0.2) is 9.59 Å². The molecule has 1 heterocycles. The highest BCUT2D eigenvalue weighted by atomic mass is 16.5. The lowest BCUT2D eigenvalue weighted by Gasteiger charge is -2.21. The van der Waals surface area contributed by atoms with Crippen molar-refractivity contribution in [1.82, 2.24) is 10.6 Å². The molecule has 0 saturated carbocycles. The van der Waals surface area contributed by atoms with Crippen molar-refractivity contribution in [3.8, 4) is 11.1 Å². The summed E-state index contributed by atoms with van der Waals surface area (Å²) in [6.45, 7) is 2.63. The van der Waals surface area contributed by atoms with Crippen LogP contribution in [0.4, 0.5) is 4.79 Å². The van der Waals surface area contributed by atoms with Crippen molar-refractivity contribution >= 4 is 18.0 Å². The minimum atomic E-state index is -1.03. The molecule has 2 amide bonds. The molecule has 0 bridgehead atoms. The Morgan fingerprint density at radius 2 is 1.74 bits per heavy atom. The van der Waals surface area contributed by atoms with Gasteiger partial charge in [0.2, 0.25) is 5.91 Å². The molecule has 8 heteroatoms. The molecule has 1 aliphatic heterocycles. The maximum atomic E-state index is 12.7. The Morgan fingerprint density at radius 3 is 2.35 bits per heavy atom. The van der Waals surface area contributed by atoms with Crippen LogP contribution in [0, 0.1) is 5.92 Å². The number of carbonyl (C=O) groups is 3. The van der Waals surface area contributed by atoms with Gasteiger partial charge in [-0.3, -0.25) is 4.79 Å². The summed E-state index contributed by atoms with van der Waals surface area (Å²) in [4.78, 5) is 36.6. The Hall–Kier alpha value is -3.39. The number of fused-ring (bicyclic) bond motifs is 3. The monoisotopic (exact) mass is 466 g/mol. The number of carboxylic acids is 1. The number of rotatable bonds is 9. The van der Waals surface area contributed by atoms with Crippen LogP contribution >= 0.6 is 0 Å². The van der Waals surface area contributed by atoms with E-state index in [0.717, 1.165) is 22.3 Å². The second-order valence-corrected chi connectivity index (χ2v) is 8.73. The molecule has 0 radical (unpaired) electrons. The molecule has 34 heavy (non-hydrogen) atoms. The van der Waals surface area contributed by atoms with Crippen molar-refractivity contribution < 1.29 is 29.0 Å². The van der Waals surface area contributed by atoms with Crippen molar-refractivity contribution in [2.45, 2.75) is 44.2 Å². The largest absolute Gasteiger partial charge is 0.479 e. The van der Waals surface area contributed by atoms with Gasteiger partial charge in [-0.2, -0.15) is 0 Å². The van der Waals surface area contributed by atoms with Crippen molar-refractivity contribution in [3.05, 3.63) is 59.7 Å². The SMILES string of the molecule is CCCC(NC(=O)OCC1c2ccccc2-c2ccccc21)C(=O)NC[C@H]1CCO[C@H]1C(=O)O. The molecule has 2 aromatic rings. The van der Waals surface area contributed by atoms with Crippen molar-refractivity contribution in [2.75, 3.05) is 19.8 Å². The van der Waals surface area contributed by atoms with E-state index in [4.69, 9.17) is 9.47 Å². The predicted octanol–water partition coefficient (Wildman–Crippen LogP) is 3.30. The molecule has 1 aliphatic carbocycles. The highest BCUT2D eigenvalue weighted by Crippen LogP contribution is 2.44. The maximum absolute atomic E-state index is 12.7. The zero-order valence-corrected chi connectivity index (χ0v) is 19.2. The third-order valence-electron chi connectivity index (χ3n) is 6.53. The first-order valence-electron chi connectivity index (χ1n) is 11.7. The molecule has 0 aromatic heterocycles. The third-order valence-corrected chi connectivity index (χ3v) is 6.53. The van der Waals surface area contributed by atoms with Gasteiger partial charge in [0.1, 0.15) is 12.6 Å². The van der Waals surface area contributed by atoms with Crippen LogP contribution in [-0.4, -0.2) is 55.0 Å². The van der Waals surface area contributed by atoms with E-state index in [-0.39, 0.29) is 30.9 Å². The number of aliphatic carboxylic acids is 1. The summed E-state index contributed by atoms with van der Waals surface area (Å²) in [5.41, 5.74) is 4.52. The lowest BCUT2D eigenvalue weighted by molar-refractivity contribution is -0.149. The van der Waals surface area contributed by atoms with E-state index < -0.39 is 24.2 Å². The second kappa shape index (κ2) is 10.7. The Balaban J connectivity index is 1.33. The number of hydrogen-bond donors (Lipinski definition) is 3. The van der Waals surface area contributed by atoms with Gasteiger partial charge in [-0.1, -0.05) is 61.9 Å². The summed E-state index contributed by atoms with van der Waals surface area (Å²) in [5, 5.41) is 14.7. The molecule has 8 nitrogen and oxygen atoms in total. The zero-order chi connectivity index (χ0) is 24.1. The number of amides is 2.